The molecule has 2 rings (SSSR count). The molecule has 1 aromatic carbocycles. The monoisotopic (exact) mass is 294 g/mol. The summed E-state index contributed by atoms with van der Waals surface area (Å²) in [5.41, 5.74) is 2.16. The number of nitrogens with zero attached hydrogens (tertiary/aromatic N) is 1. The molecule has 0 fully saturated rings. The summed E-state index contributed by atoms with van der Waals surface area (Å²) in [6, 6.07) is 6.61. The predicted molar refractivity (Wildman–Crippen MR) is 81.5 cm³/mol. The minimum absolute atomic E-state index is 0.301. The van der Waals surface area contributed by atoms with Gasteiger partial charge in [0.15, 0.2) is 0 Å². The van der Waals surface area contributed by atoms with E-state index in [2.05, 4.69) is 36.0 Å². The average Bonchev–Trinajstić information content (AvgIpc) is 2.80. The molecular formula is C16H20ClFN2. The van der Waals surface area contributed by atoms with E-state index in [4.69, 9.17) is 11.6 Å². The van der Waals surface area contributed by atoms with Crippen LogP contribution in [-0.2, 0) is 13.1 Å². The fourth-order valence-electron chi connectivity index (χ4n) is 2.05. The van der Waals surface area contributed by atoms with Gasteiger partial charge in [-0.1, -0.05) is 31.5 Å². The van der Waals surface area contributed by atoms with Crippen LogP contribution in [0.3, 0.4) is 0 Å². The Labute approximate surface area is 124 Å². The second-order valence-electron chi connectivity index (χ2n) is 5.45. The van der Waals surface area contributed by atoms with Crippen LogP contribution in [0.4, 0.5) is 4.39 Å². The van der Waals surface area contributed by atoms with E-state index in [-0.39, 0.29) is 5.82 Å². The fourth-order valence-corrected chi connectivity index (χ4v) is 2.27. The zero-order chi connectivity index (χ0) is 14.5. The van der Waals surface area contributed by atoms with E-state index in [1.807, 2.05) is 6.20 Å². The van der Waals surface area contributed by atoms with Gasteiger partial charge in [0.1, 0.15) is 5.82 Å². The minimum Gasteiger partial charge on any atom is -0.350 e. The second kappa shape index (κ2) is 6.91. The molecule has 0 saturated heterocycles. The smallest absolute Gasteiger partial charge is 0.124 e. The molecular weight excluding hydrogens is 275 g/mol. The van der Waals surface area contributed by atoms with Crippen LogP contribution in [0.1, 0.15) is 25.0 Å². The maximum Gasteiger partial charge on any atom is 0.124 e. The van der Waals surface area contributed by atoms with Gasteiger partial charge in [-0.3, -0.25) is 0 Å². The average molecular weight is 295 g/mol. The van der Waals surface area contributed by atoms with Crippen molar-refractivity contribution in [2.75, 3.05) is 6.54 Å². The van der Waals surface area contributed by atoms with Crippen LogP contribution in [0.2, 0.25) is 5.02 Å². The highest BCUT2D eigenvalue weighted by molar-refractivity contribution is 6.31. The Bertz CT molecular complexity index is 563. The van der Waals surface area contributed by atoms with Gasteiger partial charge < -0.3 is 9.88 Å². The summed E-state index contributed by atoms with van der Waals surface area (Å²) in [7, 11) is 0. The summed E-state index contributed by atoms with van der Waals surface area (Å²) in [6.45, 7) is 6.91. The van der Waals surface area contributed by atoms with Crippen molar-refractivity contribution in [1.29, 1.82) is 0 Å². The van der Waals surface area contributed by atoms with Crippen LogP contribution in [0, 0.1) is 11.7 Å². The van der Waals surface area contributed by atoms with Crippen LogP contribution in [0.25, 0.3) is 0 Å². The van der Waals surface area contributed by atoms with Crippen LogP contribution < -0.4 is 5.32 Å². The molecule has 2 aromatic rings. The number of hydrogen-bond acceptors (Lipinski definition) is 1. The number of halogens is 2. The molecule has 1 aromatic heterocycles. The Hall–Kier alpha value is -1.32. The van der Waals surface area contributed by atoms with E-state index < -0.39 is 0 Å². The highest BCUT2D eigenvalue weighted by Crippen LogP contribution is 2.18. The maximum atomic E-state index is 13.0. The van der Waals surface area contributed by atoms with E-state index in [1.165, 1.54) is 17.7 Å². The zero-order valence-corrected chi connectivity index (χ0v) is 12.6. The Balaban J connectivity index is 1.95. The first-order valence-corrected chi connectivity index (χ1v) is 7.21. The van der Waals surface area contributed by atoms with Crippen molar-refractivity contribution in [2.24, 2.45) is 5.92 Å². The van der Waals surface area contributed by atoms with Crippen LogP contribution in [0.5, 0.6) is 0 Å². The lowest BCUT2D eigenvalue weighted by Gasteiger charge is -2.07. The molecule has 0 aliphatic heterocycles. The molecule has 4 heteroatoms. The number of nitrogens with one attached hydrogen (secondary N) is 1. The van der Waals surface area contributed by atoms with E-state index in [0.717, 1.165) is 18.7 Å². The normalized spacial score (nSPS) is 11.2. The molecule has 0 bridgehead atoms. The first-order valence-electron chi connectivity index (χ1n) is 6.84. The highest BCUT2D eigenvalue weighted by atomic mass is 35.5. The molecule has 0 spiro atoms. The van der Waals surface area contributed by atoms with Gasteiger partial charge in [0.2, 0.25) is 0 Å². The highest BCUT2D eigenvalue weighted by Gasteiger charge is 2.04. The van der Waals surface area contributed by atoms with E-state index in [0.29, 0.717) is 17.5 Å². The summed E-state index contributed by atoms with van der Waals surface area (Å²) in [4.78, 5) is 0. The minimum atomic E-state index is -0.301. The molecule has 0 saturated carbocycles. The molecule has 0 aliphatic rings. The molecule has 0 radical (unpaired) electrons. The van der Waals surface area contributed by atoms with Crippen molar-refractivity contribution in [1.82, 2.24) is 9.88 Å². The molecule has 0 amide bonds. The molecule has 20 heavy (non-hydrogen) atoms. The van der Waals surface area contributed by atoms with E-state index in [1.54, 1.807) is 6.07 Å². The summed E-state index contributed by atoms with van der Waals surface area (Å²) in [5.74, 6) is 0.347. The summed E-state index contributed by atoms with van der Waals surface area (Å²) < 4.78 is 15.1. The maximum absolute atomic E-state index is 13.0. The Morgan fingerprint density at radius 3 is 2.80 bits per heavy atom. The summed E-state index contributed by atoms with van der Waals surface area (Å²) in [5, 5.41) is 3.88. The number of aromatic nitrogens is 1. The summed E-state index contributed by atoms with van der Waals surface area (Å²) in [6.07, 6.45) is 4.11. The number of rotatable bonds is 6. The topological polar surface area (TPSA) is 17.0 Å². The lowest BCUT2D eigenvalue weighted by molar-refractivity contribution is 0.552. The van der Waals surface area contributed by atoms with Gasteiger partial charge in [-0.05, 0) is 41.8 Å². The number of hydrogen-bond donors (Lipinski definition) is 1. The molecule has 2 nitrogen and oxygen atoms in total. The third kappa shape index (κ3) is 4.36. The second-order valence-corrected chi connectivity index (χ2v) is 5.86. The molecule has 1 heterocycles. The van der Waals surface area contributed by atoms with Gasteiger partial charge in [-0.25, -0.2) is 4.39 Å². The molecule has 0 atom stereocenters. The lowest BCUT2D eigenvalue weighted by Crippen LogP contribution is -2.18. The Morgan fingerprint density at radius 2 is 2.10 bits per heavy atom. The largest absolute Gasteiger partial charge is 0.350 e. The van der Waals surface area contributed by atoms with Gasteiger partial charge in [0.25, 0.3) is 0 Å². The Kier molecular flexibility index (Phi) is 5.21. The first-order chi connectivity index (χ1) is 9.54. The summed E-state index contributed by atoms with van der Waals surface area (Å²) >= 11 is 6.04. The van der Waals surface area contributed by atoms with Crippen molar-refractivity contribution in [3.05, 3.63) is 58.6 Å². The van der Waals surface area contributed by atoms with Crippen molar-refractivity contribution in [3.8, 4) is 0 Å². The lowest BCUT2D eigenvalue weighted by atomic mass is 10.2. The Morgan fingerprint density at radius 1 is 1.30 bits per heavy atom. The van der Waals surface area contributed by atoms with Gasteiger partial charge in [-0.15, -0.1) is 0 Å². The van der Waals surface area contributed by atoms with Crippen LogP contribution in [-0.4, -0.2) is 11.1 Å². The van der Waals surface area contributed by atoms with Crippen LogP contribution >= 0.6 is 11.6 Å². The van der Waals surface area contributed by atoms with Crippen molar-refractivity contribution in [3.63, 3.8) is 0 Å². The van der Waals surface area contributed by atoms with E-state index in [9.17, 15) is 4.39 Å². The van der Waals surface area contributed by atoms with Gasteiger partial charge in [0.05, 0.1) is 0 Å². The van der Waals surface area contributed by atoms with Crippen molar-refractivity contribution < 1.29 is 4.39 Å². The third-order valence-electron chi connectivity index (χ3n) is 3.06. The van der Waals surface area contributed by atoms with Crippen molar-refractivity contribution >= 4 is 11.6 Å². The first kappa shape index (κ1) is 15.1. The van der Waals surface area contributed by atoms with Gasteiger partial charge >= 0.3 is 0 Å². The quantitative estimate of drug-likeness (QED) is 0.849. The van der Waals surface area contributed by atoms with Crippen molar-refractivity contribution in [2.45, 2.75) is 26.9 Å². The van der Waals surface area contributed by atoms with Gasteiger partial charge in [-0.2, -0.15) is 0 Å². The van der Waals surface area contributed by atoms with Gasteiger partial charge in [0, 0.05) is 30.5 Å². The van der Waals surface area contributed by atoms with E-state index >= 15 is 0 Å². The molecule has 1 N–H and O–H groups in total. The molecule has 0 aliphatic carbocycles. The molecule has 108 valence electrons. The third-order valence-corrected chi connectivity index (χ3v) is 3.41. The standard InChI is InChI=1S/C16H20ClFN2/c1-12(2)8-19-9-13-5-6-20(10-13)11-14-3-4-15(18)7-16(14)17/h3-7,10,12,19H,8-9,11H2,1-2H3. The zero-order valence-electron chi connectivity index (χ0n) is 11.9. The predicted octanol–water partition coefficient (Wildman–Crippen LogP) is 4.07. The molecule has 0 unspecified atom stereocenters. The number of benzene rings is 1. The fraction of sp³-hybridized carbons (Fsp3) is 0.375. The SMILES string of the molecule is CC(C)CNCc1ccn(Cc2ccc(F)cc2Cl)c1. The van der Waals surface area contributed by atoms with Crippen LogP contribution in [0.15, 0.2) is 36.7 Å².